The number of piperazine rings is 1. The van der Waals surface area contributed by atoms with Crippen LogP contribution in [0.15, 0.2) is 24.3 Å². The van der Waals surface area contributed by atoms with E-state index in [1.165, 1.54) is 4.90 Å². The van der Waals surface area contributed by atoms with Gasteiger partial charge in [-0.25, -0.2) is 13.9 Å². The summed E-state index contributed by atoms with van der Waals surface area (Å²) >= 11 is 0. The third kappa shape index (κ3) is 3.66. The molecule has 3 heterocycles. The number of fused-ring (bicyclic) bond motifs is 1. The molecule has 12 nitrogen and oxygen atoms in total. The van der Waals surface area contributed by atoms with Crippen LogP contribution in [0.1, 0.15) is 6.42 Å². The number of nitrogens with one attached hydrogen (secondary N) is 3. The molecule has 30 heavy (non-hydrogen) atoms. The van der Waals surface area contributed by atoms with Crippen LogP contribution in [0, 0.1) is 0 Å². The van der Waals surface area contributed by atoms with E-state index in [0.717, 1.165) is 0 Å². The van der Waals surface area contributed by atoms with Gasteiger partial charge in [-0.15, -0.1) is 0 Å². The molecule has 0 radical (unpaired) electrons. The summed E-state index contributed by atoms with van der Waals surface area (Å²) in [6.45, 7) is 2.72. The van der Waals surface area contributed by atoms with Crippen LogP contribution in [-0.4, -0.2) is 89.9 Å². The minimum Gasteiger partial charge on any atom is -0.322 e. The summed E-state index contributed by atoms with van der Waals surface area (Å²) in [4.78, 5) is 40.3. The van der Waals surface area contributed by atoms with Gasteiger partial charge in [0.25, 0.3) is 5.91 Å². The molecule has 0 spiro atoms. The lowest BCUT2D eigenvalue weighted by Gasteiger charge is -2.42. The summed E-state index contributed by atoms with van der Waals surface area (Å²) in [5.41, 5.74) is 0.762. The number of rotatable bonds is 3. The summed E-state index contributed by atoms with van der Waals surface area (Å²) in [6.07, 6.45) is 0.241. The van der Waals surface area contributed by atoms with E-state index in [2.05, 4.69) is 16.0 Å². The van der Waals surface area contributed by atoms with Crippen LogP contribution >= 0.6 is 0 Å². The largest absolute Gasteiger partial charge is 0.362 e. The smallest absolute Gasteiger partial charge is 0.322 e. The summed E-state index contributed by atoms with van der Waals surface area (Å²) < 4.78 is 32.2. The summed E-state index contributed by atoms with van der Waals surface area (Å²) in [6, 6.07) is 4.11. The van der Waals surface area contributed by atoms with Crippen molar-refractivity contribution >= 4 is 39.6 Å². The number of nitrogens with zero attached hydrogens (tertiary/aromatic N) is 3. The van der Waals surface area contributed by atoms with Gasteiger partial charge >= 0.3 is 22.4 Å². The summed E-state index contributed by atoms with van der Waals surface area (Å²) in [5.74, 6) is -0.838. The van der Waals surface area contributed by atoms with Gasteiger partial charge in [0, 0.05) is 32.7 Å². The second-order valence-corrected chi connectivity index (χ2v) is 8.54. The number of anilines is 2. The quantitative estimate of drug-likeness (QED) is 0.375. The molecule has 4 N–H and O–H groups in total. The van der Waals surface area contributed by atoms with Crippen molar-refractivity contribution in [1.82, 2.24) is 19.4 Å². The number of hydrogen-bond acceptors (Lipinski definition) is 6. The Hall–Kier alpha value is -2.90. The van der Waals surface area contributed by atoms with Gasteiger partial charge in [0.05, 0.1) is 17.4 Å². The zero-order valence-corrected chi connectivity index (χ0v) is 16.8. The Morgan fingerprint density at radius 3 is 2.23 bits per heavy atom. The average Bonchev–Trinajstić information content (AvgIpc) is 3.07. The predicted molar refractivity (Wildman–Crippen MR) is 106 cm³/mol. The summed E-state index contributed by atoms with van der Waals surface area (Å²) in [5, 5.41) is 8.63. The van der Waals surface area contributed by atoms with Gasteiger partial charge in [0.15, 0.2) is 0 Å². The van der Waals surface area contributed by atoms with E-state index in [-0.39, 0.29) is 19.0 Å². The van der Waals surface area contributed by atoms with E-state index in [1.807, 2.05) is 0 Å². The molecule has 0 bridgehead atoms. The van der Waals surface area contributed by atoms with E-state index < -0.39 is 34.3 Å². The average molecular weight is 438 g/mol. The normalized spacial score (nSPS) is 23.6. The third-order valence-electron chi connectivity index (χ3n) is 5.46. The number of benzene rings is 1. The second-order valence-electron chi connectivity index (χ2n) is 7.25. The highest BCUT2D eigenvalue weighted by atomic mass is 32.2. The maximum Gasteiger partial charge on any atom is 0.362 e. The monoisotopic (exact) mass is 438 g/mol. The van der Waals surface area contributed by atoms with Gasteiger partial charge in [-0.1, -0.05) is 12.1 Å². The van der Waals surface area contributed by atoms with Crippen LogP contribution < -0.4 is 16.0 Å². The molecule has 0 unspecified atom stereocenters. The molecule has 4 rings (SSSR count). The number of carbonyl (C=O) groups excluding carboxylic acids is 3. The first-order valence-corrected chi connectivity index (χ1v) is 10.9. The number of amides is 5. The zero-order valence-electron chi connectivity index (χ0n) is 15.9. The highest BCUT2D eigenvalue weighted by Crippen LogP contribution is 2.36. The lowest BCUT2D eigenvalue weighted by atomic mass is 10.0. The molecule has 1 aromatic rings. The van der Waals surface area contributed by atoms with Crippen LogP contribution in [0.3, 0.4) is 0 Å². The minimum atomic E-state index is -4.64. The Morgan fingerprint density at radius 2 is 1.63 bits per heavy atom. The fraction of sp³-hybridized carbons (Fsp3) is 0.471. The van der Waals surface area contributed by atoms with Gasteiger partial charge in [0.1, 0.15) is 6.04 Å². The van der Waals surface area contributed by atoms with E-state index in [9.17, 15) is 22.8 Å². The van der Waals surface area contributed by atoms with Crippen LogP contribution in [0.25, 0.3) is 0 Å². The Balaban J connectivity index is 1.43. The van der Waals surface area contributed by atoms with Crippen molar-refractivity contribution in [2.45, 2.75) is 18.5 Å². The molecule has 0 saturated carbocycles. The van der Waals surface area contributed by atoms with Gasteiger partial charge < -0.3 is 25.8 Å². The van der Waals surface area contributed by atoms with Crippen LogP contribution in [0.4, 0.5) is 21.0 Å². The maximum atomic E-state index is 12.7. The molecule has 162 valence electrons. The van der Waals surface area contributed by atoms with Crippen molar-refractivity contribution in [2.24, 2.45) is 0 Å². The predicted octanol–water partition coefficient (Wildman–Crippen LogP) is -0.256. The van der Waals surface area contributed by atoms with E-state index in [0.29, 0.717) is 41.9 Å². The van der Waals surface area contributed by atoms with Gasteiger partial charge in [0.2, 0.25) is 0 Å². The van der Waals surface area contributed by atoms with Crippen molar-refractivity contribution in [3.63, 3.8) is 0 Å². The van der Waals surface area contributed by atoms with Crippen LogP contribution in [0.2, 0.25) is 0 Å². The second kappa shape index (κ2) is 7.74. The number of hydrogen-bond donors (Lipinski definition) is 4. The standard InChI is InChI=1S/C17H22N6O6S/c24-15-14-13(23(15)30(27,28)29)5-8-22(14)17(26)20-12-4-2-1-3-11(12)19-16(25)21-9-6-18-7-10-21/h1-4,13-14,18H,5-10H2,(H,19,25)(H,20,26)(H,27,28,29)/t13-,14+/m1/s1. The van der Waals surface area contributed by atoms with Crippen molar-refractivity contribution in [1.29, 1.82) is 0 Å². The highest BCUT2D eigenvalue weighted by molar-refractivity contribution is 7.84. The first-order chi connectivity index (χ1) is 14.3. The molecule has 3 aliphatic rings. The molecule has 5 amide bonds. The first kappa shape index (κ1) is 20.4. The third-order valence-corrected chi connectivity index (χ3v) is 6.41. The molecular formula is C17H22N6O6S. The Kier molecular flexibility index (Phi) is 5.26. The number of urea groups is 2. The Labute approximate surface area is 173 Å². The van der Waals surface area contributed by atoms with Crippen molar-refractivity contribution < 1.29 is 27.4 Å². The van der Waals surface area contributed by atoms with Gasteiger partial charge in [-0.05, 0) is 18.6 Å². The van der Waals surface area contributed by atoms with Gasteiger partial charge in [-0.2, -0.15) is 8.42 Å². The highest BCUT2D eigenvalue weighted by Gasteiger charge is 2.60. The molecule has 13 heteroatoms. The fourth-order valence-electron chi connectivity index (χ4n) is 3.99. The lowest BCUT2D eigenvalue weighted by molar-refractivity contribution is -0.143. The van der Waals surface area contributed by atoms with Crippen molar-refractivity contribution in [2.75, 3.05) is 43.4 Å². The van der Waals surface area contributed by atoms with Crippen LogP contribution in [0.5, 0.6) is 0 Å². The topological polar surface area (TPSA) is 151 Å². The molecule has 0 aromatic heterocycles. The van der Waals surface area contributed by atoms with Gasteiger partial charge in [-0.3, -0.25) is 9.35 Å². The van der Waals surface area contributed by atoms with Crippen molar-refractivity contribution in [3.8, 4) is 0 Å². The number of para-hydroxylation sites is 2. The Morgan fingerprint density at radius 1 is 1.03 bits per heavy atom. The van der Waals surface area contributed by atoms with E-state index >= 15 is 0 Å². The molecule has 1 aromatic carbocycles. The molecule has 2 atom stereocenters. The number of likely N-dealkylation sites (tertiary alicyclic amines) is 1. The summed E-state index contributed by atoms with van der Waals surface area (Å²) in [7, 11) is -4.64. The van der Waals surface area contributed by atoms with E-state index in [1.54, 1.807) is 29.2 Å². The lowest BCUT2D eigenvalue weighted by Crippen LogP contribution is -2.68. The minimum absolute atomic E-state index is 0.161. The molecule has 0 aliphatic carbocycles. The maximum absolute atomic E-state index is 12.7. The van der Waals surface area contributed by atoms with Crippen molar-refractivity contribution in [3.05, 3.63) is 24.3 Å². The first-order valence-electron chi connectivity index (χ1n) is 9.51. The Bertz CT molecular complexity index is 979. The zero-order chi connectivity index (χ0) is 21.5. The molecule has 3 saturated heterocycles. The molecular weight excluding hydrogens is 416 g/mol. The molecule has 3 fully saturated rings. The fourth-order valence-corrected chi connectivity index (χ4v) is 4.89. The SMILES string of the molecule is O=C(Nc1ccccc1NC(=O)N1CC[C@@H]2[C@H]1C(=O)N2S(=O)(=O)O)N1CCNCC1. The van der Waals surface area contributed by atoms with Crippen LogP contribution in [-0.2, 0) is 15.1 Å². The molecule has 3 aliphatic heterocycles. The van der Waals surface area contributed by atoms with E-state index in [4.69, 9.17) is 4.55 Å². The number of carbonyl (C=O) groups is 3. The number of β-lactam (4-membered cyclic amide) rings is 1.